The molecular weight excluding hydrogens is 371 g/mol. The Labute approximate surface area is 165 Å². The molecule has 0 fully saturated rings. The summed E-state index contributed by atoms with van der Waals surface area (Å²) in [6.07, 6.45) is 2.72. The molecule has 6 N–H and O–H groups in total. The molecule has 0 saturated carbocycles. The Morgan fingerprint density at radius 2 is 2.11 bits per heavy atom. The van der Waals surface area contributed by atoms with E-state index in [1.54, 1.807) is 0 Å². The van der Waals surface area contributed by atoms with Gasteiger partial charge in [0.05, 0.1) is 12.8 Å². The molecular formula is C18H33FN4O5. The molecule has 2 amide bonds. The van der Waals surface area contributed by atoms with E-state index in [9.17, 15) is 14.7 Å². The van der Waals surface area contributed by atoms with Gasteiger partial charge in [0.1, 0.15) is 5.60 Å². The van der Waals surface area contributed by atoms with Gasteiger partial charge in [-0.05, 0) is 12.5 Å². The second kappa shape index (κ2) is 11.9. The SMILES string of the molecule is CCCCCCCC(=O)O[C@@H]([C@@H](F)N1C=CC(N)NC1=O)[C@@](CN)(CO)OC. The zero-order valence-corrected chi connectivity index (χ0v) is 16.6. The Bertz CT molecular complexity index is 522. The second-order valence-electron chi connectivity index (χ2n) is 6.80. The minimum Gasteiger partial charge on any atom is -0.454 e. The Kier molecular flexibility index (Phi) is 10.4. The first-order valence-electron chi connectivity index (χ1n) is 9.57. The van der Waals surface area contributed by atoms with Crippen molar-refractivity contribution in [1.29, 1.82) is 0 Å². The number of urea groups is 1. The van der Waals surface area contributed by atoms with Crippen molar-refractivity contribution in [3.8, 4) is 0 Å². The van der Waals surface area contributed by atoms with Gasteiger partial charge in [-0.25, -0.2) is 9.18 Å². The van der Waals surface area contributed by atoms with Gasteiger partial charge >= 0.3 is 12.0 Å². The van der Waals surface area contributed by atoms with Gasteiger partial charge < -0.3 is 31.4 Å². The topological polar surface area (TPSA) is 140 Å². The van der Waals surface area contributed by atoms with Crippen LogP contribution >= 0.6 is 0 Å². The van der Waals surface area contributed by atoms with Crippen molar-refractivity contribution >= 4 is 12.0 Å². The molecule has 0 spiro atoms. The third kappa shape index (κ3) is 6.40. The van der Waals surface area contributed by atoms with Crippen molar-refractivity contribution in [3.05, 3.63) is 12.3 Å². The number of carbonyl (C=O) groups is 2. The van der Waals surface area contributed by atoms with Gasteiger partial charge in [0.15, 0.2) is 6.10 Å². The van der Waals surface area contributed by atoms with E-state index in [2.05, 4.69) is 12.2 Å². The first-order chi connectivity index (χ1) is 13.3. The molecule has 9 nitrogen and oxygen atoms in total. The fraction of sp³-hybridized carbons (Fsp3) is 0.778. The number of unbranched alkanes of at least 4 members (excludes halogenated alkanes) is 4. The first-order valence-corrected chi connectivity index (χ1v) is 9.57. The van der Waals surface area contributed by atoms with E-state index in [4.69, 9.17) is 20.9 Å². The molecule has 0 aromatic heterocycles. The number of halogens is 1. The van der Waals surface area contributed by atoms with Crippen molar-refractivity contribution in [2.24, 2.45) is 11.5 Å². The summed E-state index contributed by atoms with van der Waals surface area (Å²) >= 11 is 0. The quantitative estimate of drug-likeness (QED) is 0.201. The van der Waals surface area contributed by atoms with Crippen LogP contribution in [0, 0.1) is 0 Å². The fourth-order valence-electron chi connectivity index (χ4n) is 2.88. The van der Waals surface area contributed by atoms with Crippen LogP contribution in [0.4, 0.5) is 9.18 Å². The zero-order chi connectivity index (χ0) is 21.2. The summed E-state index contributed by atoms with van der Waals surface area (Å²) in [6, 6.07) is -0.803. The van der Waals surface area contributed by atoms with E-state index in [1.807, 2.05) is 0 Å². The molecule has 4 atom stereocenters. The second-order valence-corrected chi connectivity index (χ2v) is 6.80. The van der Waals surface area contributed by atoms with Crippen molar-refractivity contribution in [3.63, 3.8) is 0 Å². The molecule has 1 rings (SSSR count). The maximum Gasteiger partial charge on any atom is 0.325 e. The van der Waals surface area contributed by atoms with Gasteiger partial charge in [-0.3, -0.25) is 9.69 Å². The number of methoxy groups -OCH3 is 1. The number of nitrogens with one attached hydrogen (secondary N) is 1. The number of rotatable bonds is 13. The molecule has 1 aliphatic rings. The summed E-state index contributed by atoms with van der Waals surface area (Å²) in [4.78, 5) is 25.0. The molecule has 0 aromatic carbocycles. The number of alkyl halides is 1. The first kappa shape index (κ1) is 24.3. The molecule has 0 aliphatic carbocycles. The molecule has 0 bridgehead atoms. The number of amides is 2. The molecule has 0 saturated heterocycles. The van der Waals surface area contributed by atoms with Crippen LogP contribution in [-0.2, 0) is 14.3 Å². The van der Waals surface area contributed by atoms with E-state index in [-0.39, 0.29) is 13.0 Å². The number of esters is 1. The maximum absolute atomic E-state index is 15.3. The Morgan fingerprint density at radius 1 is 1.43 bits per heavy atom. The molecule has 162 valence electrons. The van der Waals surface area contributed by atoms with E-state index >= 15 is 4.39 Å². The van der Waals surface area contributed by atoms with Crippen molar-refractivity contribution < 1.29 is 28.6 Å². The highest BCUT2D eigenvalue weighted by Crippen LogP contribution is 2.26. The lowest BCUT2D eigenvalue weighted by Crippen LogP contribution is -2.63. The Morgan fingerprint density at radius 3 is 2.64 bits per heavy atom. The van der Waals surface area contributed by atoms with Crippen LogP contribution in [-0.4, -0.2) is 66.4 Å². The Hall–Kier alpha value is -1.75. The highest BCUT2D eigenvalue weighted by atomic mass is 19.1. The van der Waals surface area contributed by atoms with E-state index < -0.39 is 42.8 Å². The summed E-state index contributed by atoms with van der Waals surface area (Å²) in [5.41, 5.74) is 9.54. The number of aliphatic hydroxyl groups excluding tert-OH is 1. The minimum absolute atomic E-state index is 0.0929. The number of hydrogen-bond donors (Lipinski definition) is 4. The number of hydrogen-bond acceptors (Lipinski definition) is 7. The molecule has 28 heavy (non-hydrogen) atoms. The zero-order valence-electron chi connectivity index (χ0n) is 16.6. The predicted octanol–water partition coefficient (Wildman–Crippen LogP) is 0.714. The monoisotopic (exact) mass is 404 g/mol. The molecule has 0 radical (unpaired) electrons. The largest absolute Gasteiger partial charge is 0.454 e. The number of ether oxygens (including phenoxy) is 2. The summed E-state index contributed by atoms with van der Waals surface area (Å²) in [5.74, 6) is -0.648. The third-order valence-corrected chi connectivity index (χ3v) is 4.78. The summed E-state index contributed by atoms with van der Waals surface area (Å²) in [7, 11) is 1.23. The molecule has 0 aromatic rings. The third-order valence-electron chi connectivity index (χ3n) is 4.78. The summed E-state index contributed by atoms with van der Waals surface area (Å²) in [5, 5.41) is 12.1. The van der Waals surface area contributed by atoms with Crippen LogP contribution < -0.4 is 16.8 Å². The van der Waals surface area contributed by atoms with Crippen molar-refractivity contribution in [2.45, 2.75) is 69.6 Å². The van der Waals surface area contributed by atoms with Crippen LogP contribution in [0.5, 0.6) is 0 Å². The molecule has 1 aliphatic heterocycles. The highest BCUT2D eigenvalue weighted by Gasteiger charge is 2.49. The van der Waals surface area contributed by atoms with Crippen LogP contribution in [0.2, 0.25) is 0 Å². The van der Waals surface area contributed by atoms with Crippen LogP contribution in [0.1, 0.15) is 45.4 Å². The normalized spacial score (nSPS) is 21.0. The number of nitrogens with two attached hydrogens (primary N) is 2. The van der Waals surface area contributed by atoms with Gasteiger partial charge in [-0.2, -0.15) is 0 Å². The lowest BCUT2D eigenvalue weighted by Gasteiger charge is -2.41. The van der Waals surface area contributed by atoms with E-state index in [0.717, 1.165) is 31.9 Å². The van der Waals surface area contributed by atoms with Gasteiger partial charge in [0.25, 0.3) is 0 Å². The molecule has 1 heterocycles. The van der Waals surface area contributed by atoms with E-state index in [0.29, 0.717) is 11.3 Å². The average molecular weight is 404 g/mol. The smallest absolute Gasteiger partial charge is 0.325 e. The fourth-order valence-corrected chi connectivity index (χ4v) is 2.88. The van der Waals surface area contributed by atoms with Crippen LogP contribution in [0.3, 0.4) is 0 Å². The van der Waals surface area contributed by atoms with Crippen LogP contribution in [0.25, 0.3) is 0 Å². The van der Waals surface area contributed by atoms with Crippen LogP contribution in [0.15, 0.2) is 12.3 Å². The molecule has 10 heteroatoms. The van der Waals surface area contributed by atoms with Crippen molar-refractivity contribution in [1.82, 2.24) is 10.2 Å². The molecule has 1 unspecified atom stereocenters. The lowest BCUT2D eigenvalue weighted by molar-refractivity contribution is -0.194. The lowest BCUT2D eigenvalue weighted by atomic mass is 9.95. The number of nitrogens with zero attached hydrogens (tertiary/aromatic N) is 1. The minimum atomic E-state index is -2.14. The summed E-state index contributed by atoms with van der Waals surface area (Å²) in [6.45, 7) is 1.06. The average Bonchev–Trinajstić information content (AvgIpc) is 2.68. The van der Waals surface area contributed by atoms with Gasteiger partial charge in [0, 0.05) is 26.3 Å². The summed E-state index contributed by atoms with van der Waals surface area (Å²) < 4.78 is 25.8. The van der Waals surface area contributed by atoms with Gasteiger partial charge in [0.2, 0.25) is 6.30 Å². The van der Waals surface area contributed by atoms with E-state index in [1.165, 1.54) is 13.2 Å². The number of carbonyl (C=O) groups excluding carboxylic acids is 2. The number of aliphatic hydroxyl groups is 1. The van der Waals surface area contributed by atoms with Gasteiger partial charge in [-0.15, -0.1) is 0 Å². The van der Waals surface area contributed by atoms with Crippen molar-refractivity contribution in [2.75, 3.05) is 20.3 Å². The Balaban J connectivity index is 2.92. The highest BCUT2D eigenvalue weighted by molar-refractivity contribution is 5.77. The van der Waals surface area contributed by atoms with Gasteiger partial charge in [-0.1, -0.05) is 32.6 Å². The standard InChI is InChI=1S/C18H33FN4O5/c1-3-4-5-6-7-8-14(25)28-15(18(11-20,12-24)27-2)16(19)23-10-9-13(21)22-17(23)26/h9-10,13,15-16,24H,3-8,11-12,20-21H2,1-2H3,(H,22,26)/t13?,15-,16-,18+/m0/s1. The maximum atomic E-state index is 15.3. The predicted molar refractivity (Wildman–Crippen MR) is 102 cm³/mol.